The number of aliphatic hydroxyl groups is 1. The Labute approximate surface area is 111 Å². The highest BCUT2D eigenvalue weighted by Gasteiger charge is 2.30. The van der Waals surface area contributed by atoms with Crippen LogP contribution >= 0.6 is 0 Å². The van der Waals surface area contributed by atoms with Gasteiger partial charge in [0.15, 0.2) is 0 Å². The van der Waals surface area contributed by atoms with Crippen molar-refractivity contribution in [1.82, 2.24) is 14.3 Å². The van der Waals surface area contributed by atoms with E-state index in [9.17, 15) is 9.90 Å². The van der Waals surface area contributed by atoms with Crippen molar-refractivity contribution in [2.24, 2.45) is 0 Å². The van der Waals surface area contributed by atoms with Gasteiger partial charge in [-0.25, -0.2) is 4.98 Å². The molecule has 0 unspecified atom stereocenters. The number of aromatic nitrogens is 2. The summed E-state index contributed by atoms with van der Waals surface area (Å²) in [5, 5.41) is 9.30. The van der Waals surface area contributed by atoms with Gasteiger partial charge in [0.2, 0.25) is 0 Å². The van der Waals surface area contributed by atoms with Crippen molar-refractivity contribution in [3.8, 4) is 0 Å². The maximum atomic E-state index is 12.4. The average molecular weight is 259 g/mol. The minimum absolute atomic E-state index is 0.0259. The zero-order valence-corrected chi connectivity index (χ0v) is 10.9. The zero-order chi connectivity index (χ0) is 13.4. The van der Waals surface area contributed by atoms with Crippen LogP contribution in [0.5, 0.6) is 0 Å². The van der Waals surface area contributed by atoms with Crippen molar-refractivity contribution in [2.75, 3.05) is 13.2 Å². The lowest BCUT2D eigenvalue weighted by Gasteiger charge is -2.21. The number of carbonyl (C=O) groups excluding carboxylic acids is 1. The number of likely N-dealkylation sites (tertiary alicyclic amines) is 1. The van der Waals surface area contributed by atoms with E-state index in [1.807, 2.05) is 29.5 Å². The highest BCUT2D eigenvalue weighted by molar-refractivity contribution is 5.93. The highest BCUT2D eigenvalue weighted by atomic mass is 16.3. The first kappa shape index (κ1) is 12.2. The second-order valence-corrected chi connectivity index (χ2v) is 5.00. The Morgan fingerprint density at radius 3 is 3.11 bits per heavy atom. The Bertz CT molecular complexity index is 620. The van der Waals surface area contributed by atoms with Crippen molar-refractivity contribution >= 4 is 11.6 Å². The number of amides is 1. The molecule has 0 aliphatic carbocycles. The molecule has 19 heavy (non-hydrogen) atoms. The van der Waals surface area contributed by atoms with Crippen molar-refractivity contribution in [3.63, 3.8) is 0 Å². The van der Waals surface area contributed by atoms with Gasteiger partial charge >= 0.3 is 0 Å². The summed E-state index contributed by atoms with van der Waals surface area (Å²) in [7, 11) is 0. The summed E-state index contributed by atoms with van der Waals surface area (Å²) in [4.78, 5) is 18.5. The Hall–Kier alpha value is -1.88. The minimum Gasteiger partial charge on any atom is -0.394 e. The molecule has 1 aliphatic heterocycles. The third-order valence-electron chi connectivity index (χ3n) is 3.76. The molecule has 0 bridgehead atoms. The Kier molecular flexibility index (Phi) is 2.98. The van der Waals surface area contributed by atoms with E-state index in [1.165, 1.54) is 0 Å². The molecule has 5 nitrogen and oxygen atoms in total. The number of fused-ring (bicyclic) bond motifs is 1. The Morgan fingerprint density at radius 1 is 1.53 bits per heavy atom. The normalized spacial score (nSPS) is 19.3. The maximum Gasteiger partial charge on any atom is 0.274 e. The lowest BCUT2D eigenvalue weighted by atomic mass is 10.2. The summed E-state index contributed by atoms with van der Waals surface area (Å²) in [5.74, 6) is -0.0837. The van der Waals surface area contributed by atoms with Gasteiger partial charge < -0.3 is 14.4 Å². The predicted molar refractivity (Wildman–Crippen MR) is 71.1 cm³/mol. The maximum absolute atomic E-state index is 12.4. The molecular formula is C14H17N3O2. The predicted octanol–water partition coefficient (Wildman–Crippen LogP) is 1.24. The summed E-state index contributed by atoms with van der Waals surface area (Å²) in [6, 6.07) is 5.74. The zero-order valence-electron chi connectivity index (χ0n) is 10.9. The van der Waals surface area contributed by atoms with Crippen molar-refractivity contribution in [1.29, 1.82) is 0 Å². The topological polar surface area (TPSA) is 57.8 Å². The largest absolute Gasteiger partial charge is 0.394 e. The van der Waals surface area contributed by atoms with Crippen molar-refractivity contribution in [3.05, 3.63) is 35.8 Å². The average Bonchev–Trinajstić information content (AvgIpc) is 3.04. The SMILES string of the molecule is Cc1cccc2nc(C(=O)N3CCC[C@H]3CO)cn12. The molecule has 1 aliphatic rings. The number of rotatable bonds is 2. The second kappa shape index (κ2) is 4.66. The molecule has 2 aromatic heterocycles. The number of hydrogen-bond acceptors (Lipinski definition) is 3. The van der Waals surface area contributed by atoms with Crippen LogP contribution in [0.25, 0.3) is 5.65 Å². The summed E-state index contributed by atoms with van der Waals surface area (Å²) >= 11 is 0. The number of nitrogens with zero attached hydrogens (tertiary/aromatic N) is 3. The third kappa shape index (κ3) is 2.00. The van der Waals surface area contributed by atoms with Crippen LogP contribution < -0.4 is 0 Å². The van der Waals surface area contributed by atoms with E-state index in [0.29, 0.717) is 12.2 Å². The van der Waals surface area contributed by atoms with Crippen LogP contribution in [0.2, 0.25) is 0 Å². The van der Waals surface area contributed by atoms with Crippen LogP contribution in [0.15, 0.2) is 24.4 Å². The quantitative estimate of drug-likeness (QED) is 0.882. The molecule has 0 radical (unpaired) electrons. The molecule has 2 aromatic rings. The first-order valence-corrected chi connectivity index (χ1v) is 6.57. The number of pyridine rings is 1. The van der Waals surface area contributed by atoms with E-state index < -0.39 is 0 Å². The Balaban J connectivity index is 1.95. The van der Waals surface area contributed by atoms with E-state index in [1.54, 1.807) is 11.1 Å². The van der Waals surface area contributed by atoms with Crippen LogP contribution in [0.3, 0.4) is 0 Å². The number of hydrogen-bond donors (Lipinski definition) is 1. The summed E-state index contributed by atoms with van der Waals surface area (Å²) in [6.07, 6.45) is 3.59. The number of aliphatic hydroxyl groups excluding tert-OH is 1. The molecule has 0 aromatic carbocycles. The molecular weight excluding hydrogens is 242 g/mol. The lowest BCUT2D eigenvalue weighted by Crippen LogP contribution is -2.37. The number of aryl methyl sites for hydroxylation is 1. The van der Waals surface area contributed by atoms with Crippen molar-refractivity contribution in [2.45, 2.75) is 25.8 Å². The van der Waals surface area contributed by atoms with Gasteiger partial charge in [0.25, 0.3) is 5.91 Å². The second-order valence-electron chi connectivity index (χ2n) is 5.00. The Morgan fingerprint density at radius 2 is 2.37 bits per heavy atom. The molecule has 100 valence electrons. The summed E-state index contributed by atoms with van der Waals surface area (Å²) < 4.78 is 1.91. The van der Waals surface area contributed by atoms with Gasteiger partial charge in [-0.1, -0.05) is 6.07 Å². The van der Waals surface area contributed by atoms with Crippen molar-refractivity contribution < 1.29 is 9.90 Å². The molecule has 0 spiro atoms. The smallest absolute Gasteiger partial charge is 0.274 e. The number of imidazole rings is 1. The molecule has 1 saturated heterocycles. The summed E-state index contributed by atoms with van der Waals surface area (Å²) in [6.45, 7) is 2.71. The van der Waals surface area contributed by atoms with Gasteiger partial charge in [0, 0.05) is 18.4 Å². The first-order valence-electron chi connectivity index (χ1n) is 6.57. The van der Waals surface area contributed by atoms with E-state index >= 15 is 0 Å². The number of carbonyl (C=O) groups is 1. The van der Waals surface area contributed by atoms with E-state index in [4.69, 9.17) is 0 Å². The minimum atomic E-state index is -0.0837. The highest BCUT2D eigenvalue weighted by Crippen LogP contribution is 2.20. The van der Waals surface area contributed by atoms with Gasteiger partial charge in [-0.05, 0) is 31.9 Å². The molecule has 0 saturated carbocycles. The van der Waals surface area contributed by atoms with Crippen LogP contribution in [0, 0.1) is 6.92 Å². The van der Waals surface area contributed by atoms with E-state index in [-0.39, 0.29) is 18.6 Å². The fourth-order valence-electron chi connectivity index (χ4n) is 2.69. The van der Waals surface area contributed by atoms with Gasteiger partial charge in [0.05, 0.1) is 12.6 Å². The standard InChI is InChI=1S/C14H17N3O2/c1-10-4-2-6-13-15-12(8-17(10)13)14(19)16-7-3-5-11(16)9-18/h2,4,6,8,11,18H,3,5,7,9H2,1H3/t11-/m0/s1. The van der Waals surface area contributed by atoms with Crippen LogP contribution in [-0.2, 0) is 0 Å². The van der Waals surface area contributed by atoms with E-state index in [2.05, 4.69) is 4.98 Å². The van der Waals surface area contributed by atoms with Gasteiger partial charge in [-0.2, -0.15) is 0 Å². The molecule has 5 heteroatoms. The molecule has 1 N–H and O–H groups in total. The van der Waals surface area contributed by atoms with Gasteiger partial charge in [-0.3, -0.25) is 4.79 Å². The fourth-order valence-corrected chi connectivity index (χ4v) is 2.69. The van der Waals surface area contributed by atoms with E-state index in [0.717, 1.165) is 24.2 Å². The monoisotopic (exact) mass is 259 g/mol. The first-order chi connectivity index (χ1) is 9.20. The van der Waals surface area contributed by atoms with Gasteiger partial charge in [0.1, 0.15) is 11.3 Å². The molecule has 3 rings (SSSR count). The third-order valence-corrected chi connectivity index (χ3v) is 3.76. The molecule has 1 atom stereocenters. The fraction of sp³-hybridized carbons (Fsp3) is 0.429. The van der Waals surface area contributed by atoms with Gasteiger partial charge in [-0.15, -0.1) is 0 Å². The molecule has 1 fully saturated rings. The summed E-state index contributed by atoms with van der Waals surface area (Å²) in [5.41, 5.74) is 2.28. The molecule has 3 heterocycles. The lowest BCUT2D eigenvalue weighted by molar-refractivity contribution is 0.0672. The van der Waals surface area contributed by atoms with Crippen LogP contribution in [-0.4, -0.2) is 44.5 Å². The van der Waals surface area contributed by atoms with Crippen LogP contribution in [0.1, 0.15) is 29.0 Å². The van der Waals surface area contributed by atoms with Crippen LogP contribution in [0.4, 0.5) is 0 Å². The molecule has 1 amide bonds.